The summed E-state index contributed by atoms with van der Waals surface area (Å²) < 4.78 is 1.80. The highest BCUT2D eigenvalue weighted by molar-refractivity contribution is 7.08. The molecule has 0 spiro atoms. The van der Waals surface area contributed by atoms with E-state index in [0.29, 0.717) is 24.2 Å². The monoisotopic (exact) mass is 322 g/mol. The molecule has 0 saturated carbocycles. The van der Waals surface area contributed by atoms with E-state index in [9.17, 15) is 4.79 Å². The topological polar surface area (TPSA) is 70.7 Å². The van der Waals surface area contributed by atoms with Crippen LogP contribution in [0.2, 0.25) is 0 Å². The van der Waals surface area contributed by atoms with E-state index in [1.807, 2.05) is 29.8 Å². The maximum atomic E-state index is 12.0. The zero-order chi connectivity index (χ0) is 16.1. The van der Waals surface area contributed by atoms with Crippen molar-refractivity contribution in [2.75, 3.05) is 6.54 Å². The van der Waals surface area contributed by atoms with Crippen LogP contribution >= 0.6 is 11.3 Å². The summed E-state index contributed by atoms with van der Waals surface area (Å²) in [6, 6.07) is 12.7. The number of hydrogen-bond acceptors (Lipinski definition) is 4. The number of carbonyl (C=O) groups excluding carboxylic acids is 1. The smallest absolute Gasteiger partial charge is 0.251 e. The molecule has 2 aromatic heterocycles. The van der Waals surface area contributed by atoms with Crippen LogP contribution in [0.1, 0.15) is 15.9 Å². The van der Waals surface area contributed by atoms with E-state index in [2.05, 4.69) is 15.8 Å². The van der Waals surface area contributed by atoms with Crippen LogP contribution in [0.25, 0.3) is 11.3 Å². The summed E-state index contributed by atoms with van der Waals surface area (Å²) in [7, 11) is 0. The lowest BCUT2D eigenvalue weighted by atomic mass is 10.1. The Balaban J connectivity index is 1.55. The van der Waals surface area contributed by atoms with Crippen LogP contribution < -0.4 is 5.32 Å². The average Bonchev–Trinajstić information content (AvgIpc) is 3.26. The predicted molar refractivity (Wildman–Crippen MR) is 89.0 cm³/mol. The van der Waals surface area contributed by atoms with Gasteiger partial charge in [-0.05, 0) is 35.7 Å². The third-order valence-corrected chi connectivity index (χ3v) is 4.02. The molecule has 0 radical (unpaired) electrons. The Labute approximate surface area is 137 Å². The fraction of sp³-hybridized carbons (Fsp3) is 0.118. The van der Waals surface area contributed by atoms with Crippen molar-refractivity contribution in [2.24, 2.45) is 0 Å². The molecule has 3 rings (SSSR count). The summed E-state index contributed by atoms with van der Waals surface area (Å²) in [5.74, 6) is -0.188. The first-order valence-corrected chi connectivity index (χ1v) is 8.05. The Hall–Kier alpha value is -2.91. The molecule has 3 aromatic rings. The number of carbonyl (C=O) groups is 1. The molecule has 1 amide bonds. The Morgan fingerprint density at radius 1 is 1.35 bits per heavy atom. The van der Waals surface area contributed by atoms with Crippen molar-refractivity contribution in [3.05, 3.63) is 64.5 Å². The van der Waals surface area contributed by atoms with Gasteiger partial charge in [0.2, 0.25) is 0 Å². The van der Waals surface area contributed by atoms with E-state index in [4.69, 9.17) is 5.26 Å². The molecular formula is C17H14N4OS. The fourth-order valence-corrected chi connectivity index (χ4v) is 2.82. The number of amides is 1. The van der Waals surface area contributed by atoms with Crippen molar-refractivity contribution in [1.29, 1.82) is 5.26 Å². The maximum Gasteiger partial charge on any atom is 0.251 e. The van der Waals surface area contributed by atoms with E-state index < -0.39 is 0 Å². The molecule has 1 aromatic carbocycles. The van der Waals surface area contributed by atoms with Crippen LogP contribution in [0.3, 0.4) is 0 Å². The Morgan fingerprint density at radius 3 is 3.04 bits per heavy atom. The van der Waals surface area contributed by atoms with Gasteiger partial charge < -0.3 is 5.32 Å². The molecule has 1 N–H and O–H groups in total. The van der Waals surface area contributed by atoms with E-state index in [0.717, 1.165) is 11.3 Å². The minimum Gasteiger partial charge on any atom is -0.350 e. The van der Waals surface area contributed by atoms with Crippen molar-refractivity contribution in [1.82, 2.24) is 15.1 Å². The van der Waals surface area contributed by atoms with Gasteiger partial charge in [0.05, 0.1) is 23.9 Å². The lowest BCUT2D eigenvalue weighted by Gasteiger charge is -2.05. The van der Waals surface area contributed by atoms with Crippen molar-refractivity contribution in [3.63, 3.8) is 0 Å². The highest BCUT2D eigenvalue weighted by Gasteiger charge is 2.06. The molecule has 6 heteroatoms. The predicted octanol–water partition coefficient (Wildman–Crippen LogP) is 2.91. The Bertz CT molecular complexity index is 846. The number of nitrogens with one attached hydrogen (secondary N) is 1. The lowest BCUT2D eigenvalue weighted by Crippen LogP contribution is -2.27. The minimum absolute atomic E-state index is 0.188. The molecule has 23 heavy (non-hydrogen) atoms. The standard InChI is InChI=1S/C17H14N4OS/c18-11-13-2-1-3-14(10-13)17(22)19-6-8-21-7-4-16(20-21)15-5-9-23-12-15/h1-5,7,9-10,12H,6,8H2,(H,19,22). The zero-order valence-corrected chi connectivity index (χ0v) is 13.1. The number of rotatable bonds is 5. The van der Waals surface area contributed by atoms with Gasteiger partial charge in [-0.15, -0.1) is 0 Å². The Kier molecular flexibility index (Phi) is 4.50. The van der Waals surface area contributed by atoms with Crippen LogP contribution in [-0.4, -0.2) is 22.2 Å². The normalized spacial score (nSPS) is 10.2. The largest absolute Gasteiger partial charge is 0.350 e. The summed E-state index contributed by atoms with van der Waals surface area (Å²) in [6.45, 7) is 1.06. The molecule has 0 fully saturated rings. The number of thiophene rings is 1. The van der Waals surface area contributed by atoms with Crippen molar-refractivity contribution in [2.45, 2.75) is 6.54 Å². The van der Waals surface area contributed by atoms with Gasteiger partial charge in [0.25, 0.3) is 5.91 Å². The first-order valence-electron chi connectivity index (χ1n) is 7.10. The molecule has 2 heterocycles. The summed E-state index contributed by atoms with van der Waals surface area (Å²) in [4.78, 5) is 12.0. The number of hydrogen-bond donors (Lipinski definition) is 1. The van der Waals surface area contributed by atoms with Crippen LogP contribution in [-0.2, 0) is 6.54 Å². The van der Waals surface area contributed by atoms with Crippen molar-refractivity contribution in [3.8, 4) is 17.3 Å². The molecule has 114 valence electrons. The van der Waals surface area contributed by atoms with Crippen molar-refractivity contribution < 1.29 is 4.79 Å². The molecule has 0 unspecified atom stereocenters. The average molecular weight is 322 g/mol. The van der Waals surface area contributed by atoms with Gasteiger partial charge in [-0.3, -0.25) is 9.48 Å². The first-order chi connectivity index (χ1) is 11.3. The highest BCUT2D eigenvalue weighted by atomic mass is 32.1. The third-order valence-electron chi connectivity index (χ3n) is 3.34. The fourth-order valence-electron chi connectivity index (χ4n) is 2.17. The molecular weight excluding hydrogens is 308 g/mol. The molecule has 0 aliphatic carbocycles. The number of nitrogens with zero attached hydrogens (tertiary/aromatic N) is 3. The molecule has 0 aliphatic heterocycles. The molecule has 0 atom stereocenters. The Morgan fingerprint density at radius 2 is 2.26 bits per heavy atom. The van der Waals surface area contributed by atoms with Crippen LogP contribution in [0.15, 0.2) is 53.4 Å². The molecule has 0 saturated heterocycles. The van der Waals surface area contributed by atoms with Gasteiger partial charge >= 0.3 is 0 Å². The second-order valence-corrected chi connectivity index (χ2v) is 5.70. The van der Waals surface area contributed by atoms with Crippen molar-refractivity contribution >= 4 is 17.2 Å². The van der Waals surface area contributed by atoms with Crippen LogP contribution in [0, 0.1) is 11.3 Å². The summed E-state index contributed by atoms with van der Waals surface area (Å²) in [5.41, 5.74) is 3.00. The second-order valence-electron chi connectivity index (χ2n) is 4.92. The van der Waals surface area contributed by atoms with E-state index in [1.165, 1.54) is 0 Å². The van der Waals surface area contributed by atoms with Gasteiger partial charge in [0.1, 0.15) is 0 Å². The van der Waals surface area contributed by atoms with E-state index >= 15 is 0 Å². The molecule has 0 aliphatic rings. The van der Waals surface area contributed by atoms with E-state index in [1.54, 1.807) is 40.3 Å². The lowest BCUT2D eigenvalue weighted by molar-refractivity contribution is 0.0952. The SMILES string of the molecule is N#Cc1cccc(C(=O)NCCn2ccc(-c3ccsc3)n2)c1. The van der Waals surface area contributed by atoms with Crippen LogP contribution in [0.4, 0.5) is 0 Å². The van der Waals surface area contributed by atoms with Gasteiger partial charge in [-0.25, -0.2) is 0 Å². The van der Waals surface area contributed by atoms with Gasteiger partial charge in [-0.2, -0.15) is 21.7 Å². The van der Waals surface area contributed by atoms with Crippen LogP contribution in [0.5, 0.6) is 0 Å². The highest BCUT2D eigenvalue weighted by Crippen LogP contribution is 2.19. The number of aromatic nitrogens is 2. The first kappa shape index (κ1) is 15.0. The number of nitriles is 1. The summed E-state index contributed by atoms with van der Waals surface area (Å²) >= 11 is 1.64. The minimum atomic E-state index is -0.188. The summed E-state index contributed by atoms with van der Waals surface area (Å²) in [6.07, 6.45) is 1.90. The van der Waals surface area contributed by atoms with E-state index in [-0.39, 0.29) is 5.91 Å². The quantitative estimate of drug-likeness (QED) is 0.785. The second kappa shape index (κ2) is 6.90. The maximum absolute atomic E-state index is 12.0. The summed E-state index contributed by atoms with van der Waals surface area (Å²) in [5, 5.41) is 20.2. The van der Waals surface area contributed by atoms with Gasteiger partial charge in [0, 0.05) is 29.2 Å². The van der Waals surface area contributed by atoms with Gasteiger partial charge in [-0.1, -0.05) is 6.07 Å². The number of benzene rings is 1. The third kappa shape index (κ3) is 3.65. The zero-order valence-electron chi connectivity index (χ0n) is 12.3. The molecule has 0 bridgehead atoms. The molecule has 5 nitrogen and oxygen atoms in total. The van der Waals surface area contributed by atoms with Gasteiger partial charge in [0.15, 0.2) is 0 Å².